The molecule has 0 unspecified atom stereocenters. The molecule has 1 aliphatic heterocycles. The Kier molecular flexibility index (Phi) is 3.69. The fourth-order valence-corrected chi connectivity index (χ4v) is 3.52. The Morgan fingerprint density at radius 3 is 3.17 bits per heavy atom. The van der Waals surface area contributed by atoms with Gasteiger partial charge in [-0.3, -0.25) is 4.90 Å². The lowest BCUT2D eigenvalue weighted by molar-refractivity contribution is -0.0810. The summed E-state index contributed by atoms with van der Waals surface area (Å²) < 4.78 is 9.93. The van der Waals surface area contributed by atoms with Crippen LogP contribution >= 0.6 is 22.9 Å². The minimum atomic E-state index is 0.195. The first kappa shape index (κ1) is 12.2. The highest BCUT2D eigenvalue weighted by molar-refractivity contribution is 7.08. The van der Waals surface area contributed by atoms with Crippen LogP contribution in [0.5, 0.6) is 0 Å². The molecule has 0 radical (unpaired) electrons. The molecule has 1 fully saturated rings. The van der Waals surface area contributed by atoms with E-state index in [-0.39, 0.29) is 12.2 Å². The van der Waals surface area contributed by atoms with Gasteiger partial charge in [-0.05, 0) is 40.8 Å². The number of thiophene rings is 1. The van der Waals surface area contributed by atoms with E-state index >= 15 is 0 Å². The summed E-state index contributed by atoms with van der Waals surface area (Å²) >= 11 is 3.20. The van der Waals surface area contributed by atoms with Gasteiger partial charge in [0.1, 0.15) is 0 Å². The SMILES string of the molecule is C[C@@H]1CN(Cc2cnns2)C[C@H](c2ccsc2)O1. The molecule has 4 nitrogen and oxygen atoms in total. The van der Waals surface area contributed by atoms with Crippen molar-refractivity contribution in [2.75, 3.05) is 13.1 Å². The van der Waals surface area contributed by atoms with E-state index in [4.69, 9.17) is 4.74 Å². The van der Waals surface area contributed by atoms with Crippen molar-refractivity contribution >= 4 is 22.9 Å². The average Bonchev–Trinajstić information content (AvgIpc) is 3.00. The molecule has 2 aromatic rings. The maximum atomic E-state index is 6.02. The molecule has 6 heteroatoms. The van der Waals surface area contributed by atoms with Crippen molar-refractivity contribution in [3.8, 4) is 0 Å². The van der Waals surface area contributed by atoms with Gasteiger partial charge < -0.3 is 4.74 Å². The standard InChI is InChI=1S/C12H15N3OS2/c1-9-5-15(6-11-4-13-14-18-11)7-12(16-9)10-2-3-17-8-10/h2-4,8-9,12H,5-7H2,1H3/t9-,12-/m1/s1. The first-order chi connectivity index (χ1) is 8.81. The number of ether oxygens (including phenoxy) is 1. The summed E-state index contributed by atoms with van der Waals surface area (Å²) in [5, 5.41) is 8.17. The van der Waals surface area contributed by atoms with Gasteiger partial charge in [0.2, 0.25) is 0 Å². The Morgan fingerprint density at radius 2 is 2.44 bits per heavy atom. The van der Waals surface area contributed by atoms with E-state index in [1.54, 1.807) is 11.3 Å². The van der Waals surface area contributed by atoms with Crippen molar-refractivity contribution in [2.45, 2.75) is 25.7 Å². The smallest absolute Gasteiger partial charge is 0.0964 e. The zero-order valence-electron chi connectivity index (χ0n) is 10.2. The number of nitrogens with zero attached hydrogens (tertiary/aromatic N) is 3. The number of hydrogen-bond donors (Lipinski definition) is 0. The summed E-state index contributed by atoms with van der Waals surface area (Å²) in [6.07, 6.45) is 2.31. The summed E-state index contributed by atoms with van der Waals surface area (Å²) in [5.74, 6) is 0. The molecule has 2 aromatic heterocycles. The Balaban J connectivity index is 1.69. The summed E-state index contributed by atoms with van der Waals surface area (Å²) in [5.41, 5.74) is 1.29. The predicted molar refractivity (Wildman–Crippen MR) is 72.8 cm³/mol. The van der Waals surface area contributed by atoms with Crippen LogP contribution in [0.25, 0.3) is 0 Å². The molecule has 0 bridgehead atoms. The van der Waals surface area contributed by atoms with Crippen LogP contribution in [0, 0.1) is 0 Å². The minimum Gasteiger partial charge on any atom is -0.368 e. The van der Waals surface area contributed by atoms with Gasteiger partial charge in [0, 0.05) is 19.6 Å². The Bertz CT molecular complexity index is 471. The zero-order valence-corrected chi connectivity index (χ0v) is 11.8. The van der Waals surface area contributed by atoms with Crippen molar-refractivity contribution in [3.63, 3.8) is 0 Å². The van der Waals surface area contributed by atoms with Gasteiger partial charge in [-0.1, -0.05) is 4.49 Å². The van der Waals surface area contributed by atoms with Crippen molar-refractivity contribution < 1.29 is 4.74 Å². The van der Waals surface area contributed by atoms with Crippen molar-refractivity contribution in [1.82, 2.24) is 14.5 Å². The molecule has 0 N–H and O–H groups in total. The van der Waals surface area contributed by atoms with Crippen LogP contribution in [-0.2, 0) is 11.3 Å². The molecule has 18 heavy (non-hydrogen) atoms. The van der Waals surface area contributed by atoms with Gasteiger partial charge in [-0.15, -0.1) is 5.10 Å². The first-order valence-corrected chi connectivity index (χ1v) is 7.69. The maximum Gasteiger partial charge on any atom is 0.0964 e. The highest BCUT2D eigenvalue weighted by Gasteiger charge is 2.26. The van der Waals surface area contributed by atoms with E-state index in [0.29, 0.717) is 0 Å². The lowest BCUT2D eigenvalue weighted by atomic mass is 10.1. The van der Waals surface area contributed by atoms with Crippen LogP contribution in [0.15, 0.2) is 23.0 Å². The van der Waals surface area contributed by atoms with Crippen molar-refractivity contribution in [2.24, 2.45) is 0 Å². The molecule has 3 heterocycles. The molecule has 1 saturated heterocycles. The molecule has 0 spiro atoms. The number of rotatable bonds is 3. The predicted octanol–water partition coefficient (Wildman–Crippen LogP) is 2.56. The maximum absolute atomic E-state index is 6.02. The Labute approximate surface area is 114 Å². The first-order valence-electron chi connectivity index (χ1n) is 5.97. The Morgan fingerprint density at radius 1 is 1.50 bits per heavy atom. The monoisotopic (exact) mass is 281 g/mol. The number of morpholine rings is 1. The van der Waals surface area contributed by atoms with E-state index < -0.39 is 0 Å². The number of aromatic nitrogens is 2. The summed E-state index contributed by atoms with van der Waals surface area (Å²) in [6.45, 7) is 4.97. The fourth-order valence-electron chi connectivity index (χ4n) is 2.29. The molecule has 1 aliphatic rings. The van der Waals surface area contributed by atoms with Crippen LogP contribution in [0.4, 0.5) is 0 Å². The van der Waals surface area contributed by atoms with E-state index in [0.717, 1.165) is 19.6 Å². The third-order valence-corrected chi connectivity index (χ3v) is 4.38. The van der Waals surface area contributed by atoms with Gasteiger partial charge in [0.25, 0.3) is 0 Å². The van der Waals surface area contributed by atoms with E-state index in [9.17, 15) is 0 Å². The van der Waals surface area contributed by atoms with E-state index in [1.807, 2.05) is 6.20 Å². The topological polar surface area (TPSA) is 38.2 Å². The zero-order chi connectivity index (χ0) is 12.4. The quantitative estimate of drug-likeness (QED) is 0.866. The molecular formula is C12H15N3OS2. The molecular weight excluding hydrogens is 266 g/mol. The van der Waals surface area contributed by atoms with Crippen LogP contribution < -0.4 is 0 Å². The summed E-state index contributed by atoms with van der Waals surface area (Å²) in [6, 6.07) is 2.15. The van der Waals surface area contributed by atoms with Gasteiger partial charge in [-0.25, -0.2) is 0 Å². The molecule has 2 atom stereocenters. The van der Waals surface area contributed by atoms with Crippen LogP contribution in [0.3, 0.4) is 0 Å². The van der Waals surface area contributed by atoms with Crippen LogP contribution in [0.1, 0.15) is 23.5 Å². The second-order valence-corrected chi connectivity index (χ2v) is 6.22. The third-order valence-electron chi connectivity index (χ3n) is 3.04. The van der Waals surface area contributed by atoms with E-state index in [2.05, 4.69) is 38.2 Å². The highest BCUT2D eigenvalue weighted by Crippen LogP contribution is 2.27. The van der Waals surface area contributed by atoms with Gasteiger partial charge in [0.15, 0.2) is 0 Å². The normalized spacial score (nSPS) is 25.4. The van der Waals surface area contributed by atoms with Gasteiger partial charge in [0.05, 0.1) is 23.3 Å². The highest BCUT2D eigenvalue weighted by atomic mass is 32.1. The van der Waals surface area contributed by atoms with Crippen molar-refractivity contribution in [1.29, 1.82) is 0 Å². The lowest BCUT2D eigenvalue weighted by Gasteiger charge is -2.36. The van der Waals surface area contributed by atoms with Gasteiger partial charge >= 0.3 is 0 Å². The molecule has 0 amide bonds. The lowest BCUT2D eigenvalue weighted by Crippen LogP contribution is -2.42. The molecule has 0 aliphatic carbocycles. The molecule has 0 saturated carbocycles. The molecule has 0 aromatic carbocycles. The molecule has 3 rings (SSSR count). The molecule has 96 valence electrons. The van der Waals surface area contributed by atoms with Crippen LogP contribution in [0.2, 0.25) is 0 Å². The van der Waals surface area contributed by atoms with Crippen LogP contribution in [-0.4, -0.2) is 33.7 Å². The largest absolute Gasteiger partial charge is 0.368 e. The summed E-state index contributed by atoms with van der Waals surface area (Å²) in [7, 11) is 0. The van der Waals surface area contributed by atoms with Crippen molar-refractivity contribution in [3.05, 3.63) is 33.5 Å². The summed E-state index contributed by atoms with van der Waals surface area (Å²) in [4.78, 5) is 3.64. The average molecular weight is 281 g/mol. The third kappa shape index (κ3) is 2.77. The van der Waals surface area contributed by atoms with E-state index in [1.165, 1.54) is 22.0 Å². The second-order valence-electron chi connectivity index (χ2n) is 4.57. The second kappa shape index (κ2) is 5.44. The Hall–Kier alpha value is -0.820. The van der Waals surface area contributed by atoms with Gasteiger partial charge in [-0.2, -0.15) is 11.3 Å². The fraction of sp³-hybridized carbons (Fsp3) is 0.500. The number of hydrogen-bond acceptors (Lipinski definition) is 6. The minimum absolute atomic E-state index is 0.195.